The van der Waals surface area contributed by atoms with Gasteiger partial charge in [0.05, 0.1) is 31.6 Å². The van der Waals surface area contributed by atoms with Crippen molar-refractivity contribution in [3.05, 3.63) is 29.7 Å². The Bertz CT molecular complexity index is 682. The van der Waals surface area contributed by atoms with Crippen LogP contribution in [0.15, 0.2) is 17.2 Å². The Labute approximate surface area is 147 Å². The Morgan fingerprint density at radius 2 is 2.28 bits per heavy atom. The molecule has 2 aromatic rings. The van der Waals surface area contributed by atoms with Gasteiger partial charge in [-0.05, 0) is 26.7 Å². The molecule has 0 radical (unpaired) electrons. The minimum atomic E-state index is -0.235. The SMILES string of the molecule is Cc1noc(C)c1CN1CCOCC2(CCC(Cn3cncn3)O2)C1. The third kappa shape index (κ3) is 3.61. The number of aromatic nitrogens is 4. The molecule has 2 unspecified atom stereocenters. The third-order valence-electron chi connectivity index (χ3n) is 5.19. The highest BCUT2D eigenvalue weighted by molar-refractivity contribution is 5.20. The Kier molecular flexibility index (Phi) is 4.58. The fourth-order valence-corrected chi connectivity index (χ4v) is 3.85. The molecule has 0 amide bonds. The van der Waals surface area contributed by atoms with E-state index in [2.05, 4.69) is 20.1 Å². The van der Waals surface area contributed by atoms with Crippen LogP contribution in [-0.2, 0) is 22.6 Å². The van der Waals surface area contributed by atoms with Crippen LogP contribution in [0.25, 0.3) is 0 Å². The van der Waals surface area contributed by atoms with Crippen LogP contribution < -0.4 is 0 Å². The molecule has 8 nitrogen and oxygen atoms in total. The Hall–Kier alpha value is -1.77. The van der Waals surface area contributed by atoms with Gasteiger partial charge in [0.2, 0.25) is 0 Å². The van der Waals surface area contributed by atoms with Crippen LogP contribution >= 0.6 is 0 Å². The molecule has 0 aliphatic carbocycles. The zero-order valence-electron chi connectivity index (χ0n) is 14.8. The van der Waals surface area contributed by atoms with Crippen molar-refractivity contribution >= 4 is 0 Å². The lowest BCUT2D eigenvalue weighted by atomic mass is 9.99. The second-order valence-electron chi connectivity index (χ2n) is 7.15. The van der Waals surface area contributed by atoms with Crippen LogP contribution in [0.1, 0.15) is 29.9 Å². The Balaban J connectivity index is 1.43. The van der Waals surface area contributed by atoms with Gasteiger partial charge in [-0.2, -0.15) is 5.10 Å². The summed E-state index contributed by atoms with van der Waals surface area (Å²) in [4.78, 5) is 6.40. The Morgan fingerprint density at radius 1 is 1.36 bits per heavy atom. The van der Waals surface area contributed by atoms with E-state index in [-0.39, 0.29) is 11.7 Å². The first-order chi connectivity index (χ1) is 12.1. The largest absolute Gasteiger partial charge is 0.377 e. The van der Waals surface area contributed by atoms with Gasteiger partial charge in [-0.15, -0.1) is 0 Å². The molecule has 2 atom stereocenters. The van der Waals surface area contributed by atoms with E-state index >= 15 is 0 Å². The van der Waals surface area contributed by atoms with Gasteiger partial charge in [0.25, 0.3) is 0 Å². The van der Waals surface area contributed by atoms with Gasteiger partial charge in [0.1, 0.15) is 24.0 Å². The minimum absolute atomic E-state index is 0.157. The van der Waals surface area contributed by atoms with Crippen LogP contribution in [-0.4, -0.2) is 62.8 Å². The molecule has 2 aliphatic heterocycles. The fourth-order valence-electron chi connectivity index (χ4n) is 3.85. The summed E-state index contributed by atoms with van der Waals surface area (Å²) in [6, 6.07) is 0. The molecular formula is C17H25N5O3. The van der Waals surface area contributed by atoms with Crippen LogP contribution in [0.4, 0.5) is 0 Å². The maximum atomic E-state index is 6.46. The van der Waals surface area contributed by atoms with Crippen molar-refractivity contribution in [2.75, 3.05) is 26.3 Å². The van der Waals surface area contributed by atoms with Crippen LogP contribution in [0.3, 0.4) is 0 Å². The number of hydrogen-bond acceptors (Lipinski definition) is 7. The smallest absolute Gasteiger partial charge is 0.138 e. The van der Waals surface area contributed by atoms with Crippen molar-refractivity contribution in [1.82, 2.24) is 24.8 Å². The number of nitrogens with zero attached hydrogens (tertiary/aromatic N) is 5. The summed E-state index contributed by atoms with van der Waals surface area (Å²) >= 11 is 0. The van der Waals surface area contributed by atoms with E-state index < -0.39 is 0 Å². The molecule has 1 spiro atoms. The van der Waals surface area contributed by atoms with Gasteiger partial charge in [-0.1, -0.05) is 5.16 Å². The van der Waals surface area contributed by atoms with Gasteiger partial charge in [0, 0.05) is 25.2 Å². The molecule has 136 valence electrons. The van der Waals surface area contributed by atoms with E-state index in [4.69, 9.17) is 14.0 Å². The van der Waals surface area contributed by atoms with Gasteiger partial charge in [0.15, 0.2) is 0 Å². The summed E-state index contributed by atoms with van der Waals surface area (Å²) < 4.78 is 19.5. The topological polar surface area (TPSA) is 78.4 Å². The predicted molar refractivity (Wildman–Crippen MR) is 88.9 cm³/mol. The highest BCUT2D eigenvalue weighted by atomic mass is 16.6. The summed E-state index contributed by atoms with van der Waals surface area (Å²) in [5, 5.41) is 8.25. The molecule has 2 aliphatic rings. The molecular weight excluding hydrogens is 322 g/mol. The average molecular weight is 347 g/mol. The standard InChI is InChI=1S/C17H25N5O3/c1-13-16(14(2)25-20-13)8-21-5-6-23-10-17(9-21)4-3-15(24-17)7-22-12-18-11-19-22/h11-12,15H,3-10H2,1-2H3. The molecule has 25 heavy (non-hydrogen) atoms. The lowest BCUT2D eigenvalue weighted by Crippen LogP contribution is -2.44. The van der Waals surface area contributed by atoms with Gasteiger partial charge < -0.3 is 14.0 Å². The van der Waals surface area contributed by atoms with Crippen LogP contribution in [0, 0.1) is 13.8 Å². The van der Waals surface area contributed by atoms with E-state index in [9.17, 15) is 0 Å². The van der Waals surface area contributed by atoms with E-state index in [1.165, 1.54) is 5.56 Å². The maximum absolute atomic E-state index is 6.46. The maximum Gasteiger partial charge on any atom is 0.138 e. The normalized spacial score (nSPS) is 27.8. The van der Waals surface area contributed by atoms with Crippen molar-refractivity contribution in [2.45, 2.75) is 51.5 Å². The molecule has 8 heteroatoms. The van der Waals surface area contributed by atoms with Crippen LogP contribution in [0.2, 0.25) is 0 Å². The molecule has 2 fully saturated rings. The second-order valence-corrected chi connectivity index (χ2v) is 7.15. The first-order valence-corrected chi connectivity index (χ1v) is 8.86. The molecule has 0 bridgehead atoms. The highest BCUT2D eigenvalue weighted by Gasteiger charge is 2.43. The fraction of sp³-hybridized carbons (Fsp3) is 0.706. The van der Waals surface area contributed by atoms with Crippen LogP contribution in [0.5, 0.6) is 0 Å². The number of hydrogen-bond donors (Lipinski definition) is 0. The molecule has 0 N–H and O–H groups in total. The van der Waals surface area contributed by atoms with Crippen molar-refractivity contribution in [3.63, 3.8) is 0 Å². The molecule has 4 rings (SSSR count). The summed E-state index contributed by atoms with van der Waals surface area (Å²) in [6.07, 6.45) is 5.48. The van der Waals surface area contributed by atoms with E-state index in [0.29, 0.717) is 6.61 Å². The molecule has 4 heterocycles. The Morgan fingerprint density at radius 3 is 3.04 bits per heavy atom. The van der Waals surface area contributed by atoms with Crippen molar-refractivity contribution in [1.29, 1.82) is 0 Å². The quantitative estimate of drug-likeness (QED) is 0.825. The van der Waals surface area contributed by atoms with Crippen molar-refractivity contribution < 1.29 is 14.0 Å². The van der Waals surface area contributed by atoms with Gasteiger partial charge >= 0.3 is 0 Å². The van der Waals surface area contributed by atoms with Gasteiger partial charge in [-0.3, -0.25) is 9.58 Å². The molecule has 2 saturated heterocycles. The number of ether oxygens (including phenoxy) is 2. The van der Waals surface area contributed by atoms with E-state index in [1.807, 2.05) is 18.5 Å². The number of aryl methyl sites for hydroxylation is 2. The van der Waals surface area contributed by atoms with Gasteiger partial charge in [-0.25, -0.2) is 4.98 Å². The van der Waals surface area contributed by atoms with E-state index in [1.54, 1.807) is 12.7 Å². The van der Waals surface area contributed by atoms with Crippen molar-refractivity contribution in [2.24, 2.45) is 0 Å². The zero-order valence-corrected chi connectivity index (χ0v) is 14.8. The highest BCUT2D eigenvalue weighted by Crippen LogP contribution is 2.34. The minimum Gasteiger partial charge on any atom is -0.377 e. The summed E-state index contributed by atoms with van der Waals surface area (Å²) in [6.45, 7) is 8.67. The zero-order chi connectivity index (χ0) is 17.3. The second kappa shape index (κ2) is 6.86. The first kappa shape index (κ1) is 16.7. The monoisotopic (exact) mass is 347 g/mol. The van der Waals surface area contributed by atoms with E-state index in [0.717, 1.165) is 57.1 Å². The number of rotatable bonds is 4. The summed E-state index contributed by atoms with van der Waals surface area (Å²) in [5.41, 5.74) is 1.91. The lowest BCUT2D eigenvalue weighted by Gasteiger charge is -2.32. The summed E-state index contributed by atoms with van der Waals surface area (Å²) in [5.74, 6) is 0.896. The average Bonchev–Trinajstić information content (AvgIpc) is 3.27. The first-order valence-electron chi connectivity index (χ1n) is 8.86. The lowest BCUT2D eigenvalue weighted by molar-refractivity contribution is -0.0905. The van der Waals surface area contributed by atoms with Crippen molar-refractivity contribution in [3.8, 4) is 0 Å². The predicted octanol–water partition coefficient (Wildman–Crippen LogP) is 1.33. The molecule has 0 saturated carbocycles. The third-order valence-corrected chi connectivity index (χ3v) is 5.19. The summed E-state index contributed by atoms with van der Waals surface area (Å²) in [7, 11) is 0. The molecule has 0 aromatic carbocycles. The molecule has 2 aromatic heterocycles.